The Morgan fingerprint density at radius 1 is 1.64 bits per heavy atom. The molecule has 0 atom stereocenters. The van der Waals surface area contributed by atoms with Crippen molar-refractivity contribution >= 4 is 5.91 Å². The average Bonchev–Trinajstić information content (AvgIpc) is 2.18. The molecular formula is C10H15N3O. The van der Waals surface area contributed by atoms with Crippen LogP contribution in [-0.2, 0) is 0 Å². The van der Waals surface area contributed by atoms with Gasteiger partial charge >= 0.3 is 0 Å². The lowest BCUT2D eigenvalue weighted by atomic mass is 10.2. The van der Waals surface area contributed by atoms with E-state index in [-0.39, 0.29) is 5.91 Å². The molecule has 0 aliphatic heterocycles. The normalized spacial score (nSPS) is 9.86. The highest BCUT2D eigenvalue weighted by molar-refractivity contribution is 5.94. The van der Waals surface area contributed by atoms with Gasteiger partial charge in [0.05, 0.1) is 0 Å². The zero-order chi connectivity index (χ0) is 10.4. The molecule has 1 amide bonds. The molecule has 1 heterocycles. The molecule has 76 valence electrons. The molecule has 4 heteroatoms. The van der Waals surface area contributed by atoms with Gasteiger partial charge in [-0.2, -0.15) is 0 Å². The number of amides is 1. The van der Waals surface area contributed by atoms with Gasteiger partial charge in [-0.1, -0.05) is 0 Å². The van der Waals surface area contributed by atoms with E-state index in [1.165, 1.54) is 0 Å². The number of carbonyl (C=O) groups is 1. The summed E-state index contributed by atoms with van der Waals surface area (Å²) in [5, 5.41) is 2.78. The minimum atomic E-state index is -0.0658. The van der Waals surface area contributed by atoms with Crippen molar-refractivity contribution in [1.29, 1.82) is 0 Å². The summed E-state index contributed by atoms with van der Waals surface area (Å²) >= 11 is 0. The first-order valence-corrected chi connectivity index (χ1v) is 4.65. The number of carbonyl (C=O) groups excluding carboxylic acids is 1. The highest BCUT2D eigenvalue weighted by Crippen LogP contribution is 1.99. The Bertz CT molecular complexity index is 312. The van der Waals surface area contributed by atoms with Crippen molar-refractivity contribution in [3.05, 3.63) is 29.6 Å². The van der Waals surface area contributed by atoms with E-state index in [0.29, 0.717) is 18.7 Å². The van der Waals surface area contributed by atoms with Crippen LogP contribution in [0.5, 0.6) is 0 Å². The summed E-state index contributed by atoms with van der Waals surface area (Å²) in [7, 11) is 0. The largest absolute Gasteiger partial charge is 0.352 e. The Morgan fingerprint density at radius 3 is 3.07 bits per heavy atom. The van der Waals surface area contributed by atoms with Crippen molar-refractivity contribution < 1.29 is 4.79 Å². The van der Waals surface area contributed by atoms with E-state index < -0.39 is 0 Å². The lowest BCUT2D eigenvalue weighted by Gasteiger charge is -2.04. The molecule has 0 radical (unpaired) electrons. The second kappa shape index (κ2) is 5.34. The van der Waals surface area contributed by atoms with Gasteiger partial charge in [-0.3, -0.25) is 9.78 Å². The van der Waals surface area contributed by atoms with Crippen LogP contribution in [0, 0.1) is 6.92 Å². The fourth-order valence-electron chi connectivity index (χ4n) is 1.09. The van der Waals surface area contributed by atoms with Gasteiger partial charge < -0.3 is 11.1 Å². The van der Waals surface area contributed by atoms with Crippen LogP contribution in [0.3, 0.4) is 0 Å². The van der Waals surface area contributed by atoms with Gasteiger partial charge in [-0.15, -0.1) is 0 Å². The third-order valence-corrected chi connectivity index (χ3v) is 1.83. The number of nitrogens with one attached hydrogen (secondary N) is 1. The van der Waals surface area contributed by atoms with Gasteiger partial charge in [0.1, 0.15) is 0 Å². The smallest absolute Gasteiger partial charge is 0.251 e. The van der Waals surface area contributed by atoms with Gasteiger partial charge in [-0.05, 0) is 32.0 Å². The number of aromatic nitrogens is 1. The number of pyridine rings is 1. The first kappa shape index (κ1) is 10.7. The summed E-state index contributed by atoms with van der Waals surface area (Å²) in [4.78, 5) is 15.5. The maximum Gasteiger partial charge on any atom is 0.251 e. The molecule has 4 nitrogen and oxygen atoms in total. The number of hydrogen-bond acceptors (Lipinski definition) is 3. The summed E-state index contributed by atoms with van der Waals surface area (Å²) < 4.78 is 0. The minimum absolute atomic E-state index is 0.0658. The van der Waals surface area contributed by atoms with Crippen LogP contribution in [0.1, 0.15) is 22.5 Å². The molecular weight excluding hydrogens is 178 g/mol. The SMILES string of the molecule is Cc1cc(C(=O)NCCCN)ccn1. The third kappa shape index (κ3) is 3.14. The topological polar surface area (TPSA) is 68.0 Å². The number of nitrogens with zero attached hydrogens (tertiary/aromatic N) is 1. The van der Waals surface area contributed by atoms with Crippen molar-refractivity contribution in [2.24, 2.45) is 5.73 Å². The lowest BCUT2D eigenvalue weighted by Crippen LogP contribution is -2.26. The number of nitrogens with two attached hydrogens (primary N) is 1. The fourth-order valence-corrected chi connectivity index (χ4v) is 1.09. The fraction of sp³-hybridized carbons (Fsp3) is 0.400. The Hall–Kier alpha value is -1.42. The molecule has 0 spiro atoms. The molecule has 0 aromatic carbocycles. The number of rotatable bonds is 4. The summed E-state index contributed by atoms with van der Waals surface area (Å²) in [5.41, 5.74) is 6.81. The molecule has 0 fully saturated rings. The van der Waals surface area contributed by atoms with E-state index in [4.69, 9.17) is 5.73 Å². The zero-order valence-electron chi connectivity index (χ0n) is 8.29. The van der Waals surface area contributed by atoms with Crippen molar-refractivity contribution in [2.45, 2.75) is 13.3 Å². The lowest BCUT2D eigenvalue weighted by molar-refractivity contribution is 0.0953. The second-order valence-corrected chi connectivity index (χ2v) is 3.08. The summed E-state index contributed by atoms with van der Waals surface area (Å²) in [6, 6.07) is 3.46. The Morgan fingerprint density at radius 2 is 2.43 bits per heavy atom. The molecule has 14 heavy (non-hydrogen) atoms. The predicted octanol–water partition coefficient (Wildman–Crippen LogP) is 0.469. The van der Waals surface area contributed by atoms with E-state index in [9.17, 15) is 4.79 Å². The van der Waals surface area contributed by atoms with E-state index in [2.05, 4.69) is 10.3 Å². The Labute approximate surface area is 83.5 Å². The van der Waals surface area contributed by atoms with Crippen LogP contribution in [0.15, 0.2) is 18.3 Å². The molecule has 1 rings (SSSR count). The molecule has 0 aliphatic carbocycles. The highest BCUT2D eigenvalue weighted by Gasteiger charge is 2.03. The first-order valence-electron chi connectivity index (χ1n) is 4.65. The molecule has 0 aliphatic rings. The van der Waals surface area contributed by atoms with Crippen LogP contribution in [-0.4, -0.2) is 24.0 Å². The molecule has 0 bridgehead atoms. The second-order valence-electron chi connectivity index (χ2n) is 3.08. The van der Waals surface area contributed by atoms with Gasteiger partial charge in [0.25, 0.3) is 5.91 Å². The van der Waals surface area contributed by atoms with Crippen LogP contribution in [0.2, 0.25) is 0 Å². The van der Waals surface area contributed by atoms with Gasteiger partial charge in [0.2, 0.25) is 0 Å². The molecule has 3 N–H and O–H groups in total. The van der Waals surface area contributed by atoms with Crippen molar-refractivity contribution in [2.75, 3.05) is 13.1 Å². The Kier molecular flexibility index (Phi) is 4.07. The van der Waals surface area contributed by atoms with E-state index in [1.807, 2.05) is 6.92 Å². The van der Waals surface area contributed by atoms with Crippen molar-refractivity contribution in [3.63, 3.8) is 0 Å². The Balaban J connectivity index is 2.52. The molecule has 0 saturated carbocycles. The summed E-state index contributed by atoms with van der Waals surface area (Å²) in [6.45, 7) is 3.07. The molecule has 1 aromatic rings. The number of aryl methyl sites for hydroxylation is 1. The quantitative estimate of drug-likeness (QED) is 0.683. The van der Waals surface area contributed by atoms with Crippen molar-refractivity contribution in [3.8, 4) is 0 Å². The average molecular weight is 193 g/mol. The third-order valence-electron chi connectivity index (χ3n) is 1.83. The van der Waals surface area contributed by atoms with Crippen LogP contribution in [0.25, 0.3) is 0 Å². The molecule has 1 aromatic heterocycles. The van der Waals surface area contributed by atoms with Crippen LogP contribution < -0.4 is 11.1 Å². The van der Waals surface area contributed by atoms with Gasteiger partial charge in [0, 0.05) is 24.0 Å². The van der Waals surface area contributed by atoms with Crippen LogP contribution in [0.4, 0.5) is 0 Å². The van der Waals surface area contributed by atoms with E-state index in [1.54, 1.807) is 18.3 Å². The maximum atomic E-state index is 11.5. The van der Waals surface area contributed by atoms with Crippen molar-refractivity contribution in [1.82, 2.24) is 10.3 Å². The zero-order valence-corrected chi connectivity index (χ0v) is 8.29. The maximum absolute atomic E-state index is 11.5. The van der Waals surface area contributed by atoms with Gasteiger partial charge in [0.15, 0.2) is 0 Å². The standard InChI is InChI=1S/C10H15N3O/c1-8-7-9(3-6-12-8)10(14)13-5-2-4-11/h3,6-7H,2,4-5,11H2,1H3,(H,13,14). The van der Waals surface area contributed by atoms with E-state index in [0.717, 1.165) is 12.1 Å². The minimum Gasteiger partial charge on any atom is -0.352 e. The summed E-state index contributed by atoms with van der Waals surface area (Å²) in [6.07, 6.45) is 2.43. The number of hydrogen-bond donors (Lipinski definition) is 2. The predicted molar refractivity (Wildman–Crippen MR) is 55.0 cm³/mol. The van der Waals surface area contributed by atoms with E-state index >= 15 is 0 Å². The first-order chi connectivity index (χ1) is 6.74. The van der Waals surface area contributed by atoms with Crippen LogP contribution >= 0.6 is 0 Å². The monoisotopic (exact) mass is 193 g/mol. The highest BCUT2D eigenvalue weighted by atomic mass is 16.1. The molecule has 0 saturated heterocycles. The molecule has 0 unspecified atom stereocenters. The summed E-state index contributed by atoms with van der Waals surface area (Å²) in [5.74, 6) is -0.0658. The van der Waals surface area contributed by atoms with Gasteiger partial charge in [-0.25, -0.2) is 0 Å².